The predicted octanol–water partition coefficient (Wildman–Crippen LogP) is 1.56. The highest BCUT2D eigenvalue weighted by Crippen LogP contribution is 2.07. The molecule has 1 aromatic rings. The SMILES string of the molecule is CC(C)(C)OC(N)=O.N[C@H](CO)c1ccccc1. The molecule has 0 heterocycles. The molecule has 0 unspecified atom stereocenters. The molecule has 5 heteroatoms. The summed E-state index contributed by atoms with van der Waals surface area (Å²) in [5.74, 6) is 0. The van der Waals surface area contributed by atoms with E-state index in [0.29, 0.717) is 0 Å². The van der Waals surface area contributed by atoms with Gasteiger partial charge in [0, 0.05) is 0 Å². The van der Waals surface area contributed by atoms with E-state index in [9.17, 15) is 4.79 Å². The molecule has 0 saturated heterocycles. The summed E-state index contributed by atoms with van der Waals surface area (Å²) in [6.45, 7) is 5.29. The molecule has 0 saturated carbocycles. The molecule has 0 aliphatic rings. The number of carbonyl (C=O) groups is 1. The molecular weight excluding hydrogens is 232 g/mol. The van der Waals surface area contributed by atoms with Crippen molar-refractivity contribution in [2.75, 3.05) is 6.61 Å². The summed E-state index contributed by atoms with van der Waals surface area (Å²) in [5.41, 5.74) is 10.8. The Bertz CT molecular complexity index is 347. The van der Waals surface area contributed by atoms with Gasteiger partial charge in [0.15, 0.2) is 0 Å². The topological polar surface area (TPSA) is 98.6 Å². The van der Waals surface area contributed by atoms with Crippen LogP contribution in [0.2, 0.25) is 0 Å². The molecular formula is C13H22N2O3. The lowest BCUT2D eigenvalue weighted by molar-refractivity contribution is 0.0600. The first-order valence-electron chi connectivity index (χ1n) is 5.66. The van der Waals surface area contributed by atoms with Crippen LogP contribution in [0.15, 0.2) is 30.3 Å². The molecule has 0 aliphatic heterocycles. The van der Waals surface area contributed by atoms with Crippen molar-refractivity contribution in [3.63, 3.8) is 0 Å². The fourth-order valence-electron chi connectivity index (χ4n) is 1.11. The highest BCUT2D eigenvalue weighted by molar-refractivity contribution is 5.65. The maximum absolute atomic E-state index is 10.0. The van der Waals surface area contributed by atoms with Crippen LogP contribution in [0.25, 0.3) is 0 Å². The van der Waals surface area contributed by atoms with Crippen LogP contribution in [0, 0.1) is 0 Å². The number of rotatable bonds is 2. The summed E-state index contributed by atoms with van der Waals surface area (Å²) in [4.78, 5) is 10.0. The van der Waals surface area contributed by atoms with Crippen molar-refractivity contribution in [1.29, 1.82) is 0 Å². The second-order valence-corrected chi connectivity index (χ2v) is 4.73. The minimum Gasteiger partial charge on any atom is -0.444 e. The zero-order valence-corrected chi connectivity index (χ0v) is 11.1. The Hall–Kier alpha value is -1.59. The molecule has 5 nitrogen and oxygen atoms in total. The van der Waals surface area contributed by atoms with Gasteiger partial charge in [-0.25, -0.2) is 4.79 Å². The lowest BCUT2D eigenvalue weighted by Gasteiger charge is -2.16. The van der Waals surface area contributed by atoms with Gasteiger partial charge in [-0.1, -0.05) is 30.3 Å². The van der Waals surface area contributed by atoms with Crippen molar-refractivity contribution in [3.8, 4) is 0 Å². The smallest absolute Gasteiger partial charge is 0.405 e. The minimum absolute atomic E-state index is 0.00398. The van der Waals surface area contributed by atoms with E-state index in [1.807, 2.05) is 30.3 Å². The van der Waals surface area contributed by atoms with Gasteiger partial charge < -0.3 is 21.3 Å². The molecule has 1 aromatic carbocycles. The average Bonchev–Trinajstić information content (AvgIpc) is 2.26. The molecule has 0 aliphatic carbocycles. The summed E-state index contributed by atoms with van der Waals surface area (Å²) in [7, 11) is 0. The van der Waals surface area contributed by atoms with Crippen molar-refractivity contribution in [2.24, 2.45) is 11.5 Å². The van der Waals surface area contributed by atoms with E-state index in [1.165, 1.54) is 0 Å². The van der Waals surface area contributed by atoms with E-state index in [1.54, 1.807) is 20.8 Å². The number of carbonyl (C=O) groups excluding carboxylic acids is 1. The maximum atomic E-state index is 10.0. The van der Waals surface area contributed by atoms with E-state index in [4.69, 9.17) is 16.6 Å². The largest absolute Gasteiger partial charge is 0.444 e. The fraction of sp³-hybridized carbons (Fsp3) is 0.462. The maximum Gasteiger partial charge on any atom is 0.405 e. The lowest BCUT2D eigenvalue weighted by Crippen LogP contribution is -2.27. The third-order valence-electron chi connectivity index (χ3n) is 1.83. The predicted molar refractivity (Wildman–Crippen MR) is 70.9 cm³/mol. The molecule has 0 radical (unpaired) electrons. The monoisotopic (exact) mass is 254 g/mol. The molecule has 0 aromatic heterocycles. The van der Waals surface area contributed by atoms with Gasteiger partial charge in [-0.2, -0.15) is 0 Å². The van der Waals surface area contributed by atoms with Crippen LogP contribution in [0.3, 0.4) is 0 Å². The zero-order chi connectivity index (χ0) is 14.2. The standard InChI is InChI=1S/C8H11NO.C5H11NO2/c9-8(6-10)7-4-2-1-3-5-7;1-5(2,3)8-4(6)7/h1-5,8,10H,6,9H2;1-3H3,(H2,6,7)/t8-;/m1./s1. The van der Waals surface area contributed by atoms with Crippen LogP contribution in [0.1, 0.15) is 32.4 Å². The Labute approximate surface area is 108 Å². The highest BCUT2D eigenvalue weighted by Gasteiger charge is 2.12. The molecule has 5 N–H and O–H groups in total. The normalized spacial score (nSPS) is 12.1. The van der Waals surface area contributed by atoms with Crippen LogP contribution in [0.4, 0.5) is 4.79 Å². The number of amides is 1. The van der Waals surface area contributed by atoms with Crippen LogP contribution in [-0.2, 0) is 4.74 Å². The molecule has 1 atom stereocenters. The van der Waals surface area contributed by atoms with Crippen molar-refractivity contribution in [1.82, 2.24) is 0 Å². The second kappa shape index (κ2) is 7.68. The van der Waals surface area contributed by atoms with Gasteiger partial charge in [0.25, 0.3) is 0 Å². The third kappa shape index (κ3) is 8.55. The molecule has 1 rings (SSSR count). The lowest BCUT2D eigenvalue weighted by atomic mass is 10.1. The molecule has 0 bridgehead atoms. The van der Waals surface area contributed by atoms with Gasteiger partial charge >= 0.3 is 6.09 Å². The molecule has 0 fully saturated rings. The summed E-state index contributed by atoms with van der Waals surface area (Å²) < 4.78 is 4.58. The molecule has 102 valence electrons. The van der Waals surface area contributed by atoms with Crippen molar-refractivity contribution in [2.45, 2.75) is 32.4 Å². The minimum atomic E-state index is -0.725. The van der Waals surface area contributed by atoms with E-state index in [-0.39, 0.29) is 12.6 Å². The number of benzene rings is 1. The first-order valence-corrected chi connectivity index (χ1v) is 5.66. The third-order valence-corrected chi connectivity index (χ3v) is 1.83. The summed E-state index contributed by atoms with van der Waals surface area (Å²) in [6.07, 6.45) is -0.725. The average molecular weight is 254 g/mol. The second-order valence-electron chi connectivity index (χ2n) is 4.73. The van der Waals surface area contributed by atoms with Crippen molar-refractivity contribution >= 4 is 6.09 Å². The first kappa shape index (κ1) is 16.4. The van der Waals surface area contributed by atoms with E-state index >= 15 is 0 Å². The number of nitrogens with two attached hydrogens (primary N) is 2. The zero-order valence-electron chi connectivity index (χ0n) is 11.1. The summed E-state index contributed by atoms with van der Waals surface area (Å²) in [6, 6.07) is 9.31. The Morgan fingerprint density at radius 2 is 1.83 bits per heavy atom. The highest BCUT2D eigenvalue weighted by atomic mass is 16.6. The fourth-order valence-corrected chi connectivity index (χ4v) is 1.11. The van der Waals surface area contributed by atoms with Crippen LogP contribution < -0.4 is 11.5 Å². The molecule has 0 spiro atoms. The number of primary amides is 1. The quantitative estimate of drug-likeness (QED) is 0.745. The molecule has 18 heavy (non-hydrogen) atoms. The summed E-state index contributed by atoms with van der Waals surface area (Å²) in [5, 5.41) is 8.66. The first-order chi connectivity index (χ1) is 8.26. The van der Waals surface area contributed by atoms with Crippen LogP contribution in [0.5, 0.6) is 0 Å². The van der Waals surface area contributed by atoms with Crippen molar-refractivity contribution in [3.05, 3.63) is 35.9 Å². The summed E-state index contributed by atoms with van der Waals surface area (Å²) >= 11 is 0. The van der Waals surface area contributed by atoms with Gasteiger partial charge in [-0.15, -0.1) is 0 Å². The number of hydrogen-bond donors (Lipinski definition) is 3. The number of aliphatic hydroxyl groups excluding tert-OH is 1. The van der Waals surface area contributed by atoms with Gasteiger partial charge in [0.1, 0.15) is 5.60 Å². The van der Waals surface area contributed by atoms with Gasteiger partial charge in [0.2, 0.25) is 0 Å². The van der Waals surface area contributed by atoms with E-state index < -0.39 is 11.7 Å². The van der Waals surface area contributed by atoms with Gasteiger partial charge in [-0.3, -0.25) is 0 Å². The Morgan fingerprint density at radius 1 is 1.33 bits per heavy atom. The number of aliphatic hydroxyl groups is 1. The number of ether oxygens (including phenoxy) is 1. The Morgan fingerprint density at radius 3 is 2.11 bits per heavy atom. The molecule has 1 amide bonds. The Balaban J connectivity index is 0.000000331. The number of hydrogen-bond acceptors (Lipinski definition) is 4. The van der Waals surface area contributed by atoms with Gasteiger partial charge in [-0.05, 0) is 26.3 Å². The van der Waals surface area contributed by atoms with Crippen LogP contribution in [-0.4, -0.2) is 23.4 Å². The van der Waals surface area contributed by atoms with Crippen LogP contribution >= 0.6 is 0 Å². The van der Waals surface area contributed by atoms with Gasteiger partial charge in [0.05, 0.1) is 12.6 Å². The van der Waals surface area contributed by atoms with E-state index in [0.717, 1.165) is 5.56 Å². The van der Waals surface area contributed by atoms with Crippen molar-refractivity contribution < 1.29 is 14.6 Å². The van der Waals surface area contributed by atoms with E-state index in [2.05, 4.69) is 4.74 Å². The Kier molecular flexibility index (Phi) is 7.00.